The van der Waals surface area contributed by atoms with Gasteiger partial charge >= 0.3 is 0 Å². The molecule has 1 N–H and O–H groups in total. The van der Waals surface area contributed by atoms with E-state index in [0.717, 1.165) is 30.4 Å². The lowest BCUT2D eigenvalue weighted by Crippen LogP contribution is -2.30. The van der Waals surface area contributed by atoms with Gasteiger partial charge in [-0.2, -0.15) is 4.31 Å². The monoisotopic (exact) mass is 400 g/mol. The summed E-state index contributed by atoms with van der Waals surface area (Å²) in [6.45, 7) is 6.96. The van der Waals surface area contributed by atoms with Crippen LogP contribution in [-0.2, 0) is 10.0 Å². The van der Waals surface area contributed by atoms with Gasteiger partial charge in [0.25, 0.3) is 5.91 Å². The highest BCUT2D eigenvalue weighted by Gasteiger charge is 2.28. The first-order valence-corrected chi connectivity index (χ1v) is 11.2. The zero-order valence-electron chi connectivity index (χ0n) is 16.7. The van der Waals surface area contributed by atoms with Crippen LogP contribution in [-0.4, -0.2) is 31.7 Å². The van der Waals surface area contributed by atoms with E-state index in [0.29, 0.717) is 18.7 Å². The first-order valence-electron chi connectivity index (χ1n) is 9.81. The molecule has 1 atom stereocenters. The molecule has 3 rings (SSSR count). The molecule has 2 aromatic carbocycles. The number of aryl methyl sites for hydroxylation is 2. The quantitative estimate of drug-likeness (QED) is 0.798. The number of hydrogen-bond acceptors (Lipinski definition) is 3. The van der Waals surface area contributed by atoms with Crippen LogP contribution in [0.4, 0.5) is 0 Å². The maximum Gasteiger partial charge on any atom is 0.252 e. The molecule has 28 heavy (non-hydrogen) atoms. The normalized spacial score (nSPS) is 16.1. The second-order valence-electron chi connectivity index (χ2n) is 7.43. The van der Waals surface area contributed by atoms with E-state index in [4.69, 9.17) is 0 Å². The maximum absolute atomic E-state index is 13.0. The molecule has 6 heteroatoms. The molecule has 0 radical (unpaired) electrons. The molecule has 0 aliphatic carbocycles. The Labute approximate surface area is 167 Å². The highest BCUT2D eigenvalue weighted by Crippen LogP contribution is 2.24. The molecule has 5 nitrogen and oxygen atoms in total. The lowest BCUT2D eigenvalue weighted by molar-refractivity contribution is 0.0934. The third-order valence-electron chi connectivity index (χ3n) is 5.35. The number of amides is 1. The first-order chi connectivity index (χ1) is 13.3. The second kappa shape index (κ2) is 8.45. The number of carbonyl (C=O) groups excluding carboxylic acids is 1. The van der Waals surface area contributed by atoms with Crippen molar-refractivity contribution < 1.29 is 13.2 Å². The summed E-state index contributed by atoms with van der Waals surface area (Å²) in [5, 5.41) is 3.06. The van der Waals surface area contributed by atoms with Crippen molar-refractivity contribution >= 4 is 15.9 Å². The number of sulfonamides is 1. The molecule has 2 aromatic rings. The summed E-state index contributed by atoms with van der Waals surface area (Å²) >= 11 is 0. The van der Waals surface area contributed by atoms with Crippen LogP contribution in [0.5, 0.6) is 0 Å². The third kappa shape index (κ3) is 4.28. The summed E-state index contributed by atoms with van der Waals surface area (Å²) in [5.41, 5.74) is 3.38. The van der Waals surface area contributed by atoms with Gasteiger partial charge in [-0.25, -0.2) is 8.42 Å². The number of hydrogen-bond donors (Lipinski definition) is 1. The summed E-state index contributed by atoms with van der Waals surface area (Å²) in [6.07, 6.45) is 2.51. The topological polar surface area (TPSA) is 66.5 Å². The Kier molecular flexibility index (Phi) is 6.20. The molecular weight excluding hydrogens is 372 g/mol. The molecule has 1 amide bonds. The van der Waals surface area contributed by atoms with Gasteiger partial charge in [0.15, 0.2) is 0 Å². The van der Waals surface area contributed by atoms with Crippen LogP contribution in [0, 0.1) is 13.8 Å². The molecule has 0 saturated carbocycles. The molecule has 1 saturated heterocycles. The summed E-state index contributed by atoms with van der Waals surface area (Å²) in [7, 11) is -3.55. The molecule has 1 fully saturated rings. The Morgan fingerprint density at radius 3 is 2.32 bits per heavy atom. The van der Waals surface area contributed by atoms with Gasteiger partial charge in [-0.1, -0.05) is 42.8 Å². The van der Waals surface area contributed by atoms with E-state index in [9.17, 15) is 13.2 Å². The molecule has 0 spiro atoms. The highest BCUT2D eigenvalue weighted by atomic mass is 32.2. The lowest BCUT2D eigenvalue weighted by Gasteiger charge is -2.20. The van der Waals surface area contributed by atoms with Crippen LogP contribution in [0.15, 0.2) is 47.4 Å². The maximum atomic E-state index is 13.0. The Bertz CT molecular complexity index is 946. The zero-order valence-corrected chi connectivity index (χ0v) is 17.6. The van der Waals surface area contributed by atoms with E-state index < -0.39 is 10.0 Å². The van der Waals surface area contributed by atoms with Crippen molar-refractivity contribution in [2.24, 2.45) is 0 Å². The largest absolute Gasteiger partial charge is 0.345 e. The zero-order chi connectivity index (χ0) is 20.3. The molecule has 1 aliphatic rings. The van der Waals surface area contributed by atoms with Gasteiger partial charge in [-0.05, 0) is 56.4 Å². The SMILES string of the molecule is CCC(NC(=O)c1cc(S(=O)(=O)N2CCCC2)ccc1C)c1ccc(C)cc1. The van der Waals surface area contributed by atoms with Crippen LogP contribution in [0.25, 0.3) is 0 Å². The number of benzene rings is 2. The van der Waals surface area contributed by atoms with Gasteiger partial charge in [0.1, 0.15) is 0 Å². The highest BCUT2D eigenvalue weighted by molar-refractivity contribution is 7.89. The van der Waals surface area contributed by atoms with Crippen LogP contribution < -0.4 is 5.32 Å². The summed E-state index contributed by atoms with van der Waals surface area (Å²) in [5.74, 6) is -0.247. The second-order valence-corrected chi connectivity index (χ2v) is 9.37. The predicted molar refractivity (Wildman–Crippen MR) is 111 cm³/mol. The molecular formula is C22H28N2O3S. The van der Waals surface area contributed by atoms with Crippen molar-refractivity contribution in [3.63, 3.8) is 0 Å². The molecule has 0 bridgehead atoms. The number of nitrogens with one attached hydrogen (secondary N) is 1. The number of nitrogens with zero attached hydrogens (tertiary/aromatic N) is 1. The molecule has 1 unspecified atom stereocenters. The van der Waals surface area contributed by atoms with Gasteiger partial charge in [-0.3, -0.25) is 4.79 Å². The smallest absolute Gasteiger partial charge is 0.252 e. The lowest BCUT2D eigenvalue weighted by atomic mass is 10.0. The average Bonchev–Trinajstić information content (AvgIpc) is 3.22. The Morgan fingerprint density at radius 1 is 1.07 bits per heavy atom. The van der Waals surface area contributed by atoms with E-state index in [2.05, 4.69) is 5.32 Å². The number of carbonyl (C=O) groups is 1. The first kappa shape index (κ1) is 20.6. The Hall–Kier alpha value is -2.18. The Morgan fingerprint density at radius 2 is 1.71 bits per heavy atom. The fourth-order valence-electron chi connectivity index (χ4n) is 3.54. The summed E-state index contributed by atoms with van der Waals surface area (Å²) in [4.78, 5) is 13.1. The van der Waals surface area contributed by atoms with Gasteiger partial charge < -0.3 is 5.32 Å². The minimum Gasteiger partial charge on any atom is -0.345 e. The van der Waals surface area contributed by atoms with Gasteiger partial charge in [0.2, 0.25) is 10.0 Å². The van der Waals surface area contributed by atoms with Crippen LogP contribution in [0.3, 0.4) is 0 Å². The predicted octanol–water partition coefficient (Wildman–Crippen LogP) is 3.97. The van der Waals surface area contributed by atoms with E-state index in [-0.39, 0.29) is 16.8 Å². The molecule has 150 valence electrons. The summed E-state index contributed by atoms with van der Waals surface area (Å²) in [6, 6.07) is 12.8. The van der Waals surface area contributed by atoms with Gasteiger partial charge in [-0.15, -0.1) is 0 Å². The van der Waals surface area contributed by atoms with Crippen molar-refractivity contribution in [1.82, 2.24) is 9.62 Å². The third-order valence-corrected chi connectivity index (χ3v) is 7.24. The van der Waals surface area contributed by atoms with Gasteiger partial charge in [0.05, 0.1) is 10.9 Å². The summed E-state index contributed by atoms with van der Waals surface area (Å²) < 4.78 is 27.2. The molecule has 1 heterocycles. The van der Waals surface area contributed by atoms with E-state index in [1.165, 1.54) is 15.9 Å². The van der Waals surface area contributed by atoms with Crippen molar-refractivity contribution in [2.45, 2.75) is 51.0 Å². The van der Waals surface area contributed by atoms with Crippen molar-refractivity contribution in [1.29, 1.82) is 0 Å². The average molecular weight is 401 g/mol. The number of rotatable bonds is 6. The minimum absolute atomic E-state index is 0.119. The van der Waals surface area contributed by atoms with Crippen LogP contribution >= 0.6 is 0 Å². The van der Waals surface area contributed by atoms with Crippen molar-refractivity contribution in [2.75, 3.05) is 13.1 Å². The fourth-order valence-corrected chi connectivity index (χ4v) is 5.08. The fraction of sp³-hybridized carbons (Fsp3) is 0.409. The molecule has 1 aliphatic heterocycles. The Balaban J connectivity index is 1.85. The molecule has 0 aromatic heterocycles. The van der Waals surface area contributed by atoms with Crippen molar-refractivity contribution in [3.8, 4) is 0 Å². The van der Waals surface area contributed by atoms with Crippen molar-refractivity contribution in [3.05, 3.63) is 64.7 Å². The van der Waals surface area contributed by atoms with E-state index in [1.54, 1.807) is 12.1 Å². The van der Waals surface area contributed by atoms with Gasteiger partial charge in [0, 0.05) is 18.7 Å². The standard InChI is InChI=1S/C22H28N2O3S/c1-4-21(18-10-7-16(2)8-11-18)23-22(25)20-15-19(12-9-17(20)3)28(26,27)24-13-5-6-14-24/h7-12,15,21H,4-6,13-14H2,1-3H3,(H,23,25). The van der Waals surface area contributed by atoms with Crippen LogP contribution in [0.1, 0.15) is 59.3 Å². The van der Waals surface area contributed by atoms with E-state index >= 15 is 0 Å². The van der Waals surface area contributed by atoms with Crippen LogP contribution in [0.2, 0.25) is 0 Å². The minimum atomic E-state index is -3.55. The van der Waals surface area contributed by atoms with E-state index in [1.807, 2.05) is 45.0 Å².